The summed E-state index contributed by atoms with van der Waals surface area (Å²) in [6, 6.07) is 9.57. The number of rotatable bonds is 8. The molecule has 13 heteroatoms. The summed E-state index contributed by atoms with van der Waals surface area (Å²) < 4.78 is 39.9. The average Bonchev–Trinajstić information content (AvgIpc) is 3.87. The Morgan fingerprint density at radius 2 is 1.94 bits per heavy atom. The van der Waals surface area contributed by atoms with Crippen LogP contribution in [0.3, 0.4) is 0 Å². The van der Waals surface area contributed by atoms with Crippen LogP contribution in [0.4, 0.5) is 13.6 Å². The summed E-state index contributed by atoms with van der Waals surface area (Å²) in [7, 11) is 0. The number of aliphatic hydroxyl groups excluding tert-OH is 1. The van der Waals surface area contributed by atoms with Gasteiger partial charge in [0.2, 0.25) is 0 Å². The van der Waals surface area contributed by atoms with Gasteiger partial charge in [-0.2, -0.15) is 10.1 Å². The van der Waals surface area contributed by atoms with Gasteiger partial charge in [-0.05, 0) is 77.6 Å². The monoisotopic (exact) mass is 724 g/mol. The number of pyridine rings is 1. The van der Waals surface area contributed by atoms with Crippen LogP contribution in [0.5, 0.6) is 0 Å². The number of nitriles is 1. The number of benzene rings is 2. The molecular formula is C37H38Cl2F2N5O4+. The van der Waals surface area contributed by atoms with E-state index >= 15 is 4.39 Å². The van der Waals surface area contributed by atoms with Crippen molar-refractivity contribution >= 4 is 57.0 Å². The number of amides is 2. The summed E-state index contributed by atoms with van der Waals surface area (Å²) in [5.74, 6) is -1.39. The molecule has 2 amide bonds. The van der Waals surface area contributed by atoms with Crippen molar-refractivity contribution in [3.63, 3.8) is 0 Å². The highest BCUT2D eigenvalue weighted by Crippen LogP contribution is 2.55. The number of alkyl halides is 1. The Hall–Kier alpha value is -3.82. The molecule has 0 radical (unpaired) electrons. The Balaban J connectivity index is 1.48. The first-order valence-electron chi connectivity index (χ1n) is 16.8. The Morgan fingerprint density at radius 1 is 1.22 bits per heavy atom. The first-order valence-corrected chi connectivity index (χ1v) is 17.6. The predicted molar refractivity (Wildman–Crippen MR) is 186 cm³/mol. The molecule has 4 heterocycles. The highest BCUT2D eigenvalue weighted by molar-refractivity contribution is 6.43. The number of quaternary nitrogens is 1. The third kappa shape index (κ3) is 5.52. The van der Waals surface area contributed by atoms with Gasteiger partial charge in [0.15, 0.2) is 17.5 Å². The van der Waals surface area contributed by atoms with Gasteiger partial charge in [-0.3, -0.25) is 4.79 Å². The number of fused-ring (bicyclic) bond motifs is 4. The number of ether oxygens (including phenoxy) is 1. The molecule has 0 spiro atoms. The summed E-state index contributed by atoms with van der Waals surface area (Å²) in [6.45, 7) is 9.68. The second-order valence-corrected chi connectivity index (χ2v) is 15.7. The molecule has 4 aromatic rings. The zero-order valence-electron chi connectivity index (χ0n) is 28.4. The number of hydrogen-bond acceptors (Lipinski definition) is 6. The summed E-state index contributed by atoms with van der Waals surface area (Å²) in [5.41, 5.74) is -0.212. The molecule has 1 aliphatic carbocycles. The largest absolute Gasteiger partial charge is 0.517 e. The molecule has 1 saturated carbocycles. The lowest BCUT2D eigenvalue weighted by molar-refractivity contribution is -0.783. The van der Waals surface area contributed by atoms with Gasteiger partial charge in [-0.1, -0.05) is 35.3 Å². The molecule has 3 aliphatic rings. The maximum absolute atomic E-state index is 17.1. The molecule has 50 heavy (non-hydrogen) atoms. The smallest absolute Gasteiger partial charge is 0.414 e. The van der Waals surface area contributed by atoms with Crippen molar-refractivity contribution in [2.45, 2.75) is 95.8 Å². The van der Waals surface area contributed by atoms with Gasteiger partial charge in [-0.15, -0.1) is 0 Å². The molecule has 5 atom stereocenters. The van der Waals surface area contributed by atoms with Crippen molar-refractivity contribution in [2.75, 3.05) is 13.1 Å². The highest BCUT2D eigenvalue weighted by Gasteiger charge is 2.77. The number of carbonyl (C=O) groups is 2. The van der Waals surface area contributed by atoms with Crippen LogP contribution < -0.4 is 5.32 Å². The molecule has 9 nitrogen and oxygen atoms in total. The Labute approximate surface area is 298 Å². The topological polar surface area (TPSA) is 117 Å². The lowest BCUT2D eigenvalue weighted by Gasteiger charge is -2.36. The van der Waals surface area contributed by atoms with Crippen LogP contribution in [0.2, 0.25) is 10.0 Å². The number of halogens is 4. The lowest BCUT2D eigenvalue weighted by Crippen LogP contribution is -2.54. The molecule has 2 N–H and O–H groups in total. The average molecular weight is 726 g/mol. The molecule has 262 valence electrons. The molecule has 2 aromatic carbocycles. The van der Waals surface area contributed by atoms with Crippen LogP contribution >= 0.6 is 23.2 Å². The number of nitrogens with zero attached hydrogens (tertiary/aromatic N) is 4. The molecular weight excluding hydrogens is 687 g/mol. The first kappa shape index (κ1) is 34.6. The zero-order chi connectivity index (χ0) is 36.1. The fourth-order valence-corrected chi connectivity index (χ4v) is 7.85. The minimum Gasteiger partial charge on any atom is -0.414 e. The fourth-order valence-electron chi connectivity index (χ4n) is 7.46. The van der Waals surface area contributed by atoms with Crippen molar-refractivity contribution in [3.05, 3.63) is 63.1 Å². The third-order valence-corrected chi connectivity index (χ3v) is 11.0. The third-order valence-electron chi connectivity index (χ3n) is 10.2. The molecule has 4 unspecified atom stereocenters. The van der Waals surface area contributed by atoms with E-state index in [-0.39, 0.29) is 75.2 Å². The zero-order valence-corrected chi connectivity index (χ0v) is 29.9. The number of aryl methyl sites for hydroxylation is 1. The van der Waals surface area contributed by atoms with Crippen molar-refractivity contribution in [3.8, 4) is 17.2 Å². The van der Waals surface area contributed by atoms with Crippen molar-refractivity contribution < 1.29 is 32.7 Å². The lowest BCUT2D eigenvalue weighted by atomic mass is 9.92. The quantitative estimate of drug-likeness (QED) is 0.140. The van der Waals surface area contributed by atoms with Crippen LogP contribution in [-0.4, -0.2) is 61.5 Å². The number of aliphatic hydroxyl groups is 1. The van der Waals surface area contributed by atoms with Gasteiger partial charge < -0.3 is 19.7 Å². The SMILES string of the molecule is CC(O)c1nc2c(F)c(-c3cccc(Cl)c3Cl)c(CCC#N)cc2c2c1cc(C(C)NC(=O)C1(F)CC1)n2C1C[N+]2(C(=O)OC(C)(C)C)C[C@H]12. The van der Waals surface area contributed by atoms with E-state index in [1.807, 2.05) is 31.4 Å². The van der Waals surface area contributed by atoms with E-state index in [2.05, 4.69) is 11.4 Å². The van der Waals surface area contributed by atoms with Gasteiger partial charge in [0.1, 0.15) is 30.2 Å². The van der Waals surface area contributed by atoms with E-state index in [9.17, 15) is 24.3 Å². The minimum atomic E-state index is -1.91. The van der Waals surface area contributed by atoms with Crippen LogP contribution in [0.15, 0.2) is 30.3 Å². The summed E-state index contributed by atoms with van der Waals surface area (Å²) >= 11 is 13.0. The van der Waals surface area contributed by atoms with E-state index in [4.69, 9.17) is 32.9 Å². The number of aromatic nitrogens is 2. The van der Waals surface area contributed by atoms with Gasteiger partial charge in [0.25, 0.3) is 5.91 Å². The molecule has 3 fully saturated rings. The molecule has 2 aliphatic heterocycles. The van der Waals surface area contributed by atoms with Gasteiger partial charge in [0.05, 0.1) is 39.5 Å². The van der Waals surface area contributed by atoms with E-state index in [0.717, 1.165) is 0 Å². The maximum atomic E-state index is 17.1. The normalized spacial score (nSPS) is 23.1. The molecule has 0 bridgehead atoms. The van der Waals surface area contributed by atoms with Crippen molar-refractivity contribution in [1.82, 2.24) is 14.9 Å². The van der Waals surface area contributed by atoms with Gasteiger partial charge >= 0.3 is 6.09 Å². The Morgan fingerprint density at radius 3 is 2.56 bits per heavy atom. The first-order chi connectivity index (χ1) is 23.5. The van der Waals surface area contributed by atoms with Crippen LogP contribution in [0, 0.1) is 17.1 Å². The van der Waals surface area contributed by atoms with Crippen molar-refractivity contribution in [2.24, 2.45) is 0 Å². The Kier molecular flexibility index (Phi) is 8.22. The molecule has 2 aromatic heterocycles. The summed E-state index contributed by atoms with van der Waals surface area (Å²) in [6.07, 6.45) is -0.843. The summed E-state index contributed by atoms with van der Waals surface area (Å²) in [5, 5.41) is 24.8. The van der Waals surface area contributed by atoms with Crippen LogP contribution in [0.1, 0.15) is 89.0 Å². The second-order valence-electron chi connectivity index (χ2n) is 14.9. The minimum absolute atomic E-state index is 0.0218. The Bertz CT molecular complexity index is 2150. The highest BCUT2D eigenvalue weighted by atomic mass is 35.5. The summed E-state index contributed by atoms with van der Waals surface area (Å²) in [4.78, 5) is 31.0. The van der Waals surface area contributed by atoms with E-state index in [1.165, 1.54) is 0 Å². The maximum Gasteiger partial charge on any atom is 0.517 e. The van der Waals surface area contributed by atoms with E-state index < -0.39 is 35.1 Å². The number of hydrogen-bond donors (Lipinski definition) is 2. The van der Waals surface area contributed by atoms with Crippen molar-refractivity contribution in [1.29, 1.82) is 5.26 Å². The predicted octanol–water partition coefficient (Wildman–Crippen LogP) is 8.18. The van der Waals surface area contributed by atoms with Crippen LogP contribution in [-0.2, 0) is 16.0 Å². The van der Waals surface area contributed by atoms with Gasteiger partial charge in [-0.25, -0.2) is 18.2 Å². The van der Waals surface area contributed by atoms with Gasteiger partial charge in [0, 0.05) is 34.0 Å². The van der Waals surface area contributed by atoms with Crippen LogP contribution in [0.25, 0.3) is 32.9 Å². The molecule has 2 saturated heterocycles. The van der Waals surface area contributed by atoms with E-state index in [1.54, 1.807) is 38.1 Å². The fraction of sp³-hybridized carbons (Fsp3) is 0.459. The van der Waals surface area contributed by atoms with E-state index in [0.29, 0.717) is 46.2 Å². The molecule has 7 rings (SSSR count). The second kappa shape index (κ2) is 11.9. The number of carbonyl (C=O) groups excluding carboxylic acids is 2. The standard InChI is InChI=1S/C37H37Cl2F2N5O4/c1-18(43-34(48)37(41)11-12-37)25-15-23-31(19(2)47)44-32-22(33(23)45(25)26-16-46(17-27(26)46)35(49)50-36(3,4)5)14-20(8-7-13-42)28(30(32)40)21-9-6-10-24(38)29(21)39/h6,9-10,14-15,18-19,26-27,47H,7-8,11-12,16-17H2,1-5H3/p+1/t18?,19?,26?,27-,46?/m1/s1. The number of nitrogens with one attached hydrogen (secondary N) is 1.